The summed E-state index contributed by atoms with van der Waals surface area (Å²) >= 11 is 10.8. The first-order valence-corrected chi connectivity index (χ1v) is 8.43. The van der Waals surface area contributed by atoms with Gasteiger partial charge in [-0.2, -0.15) is 0 Å². The molecule has 0 bridgehead atoms. The molecule has 2 aromatic heterocycles. The minimum absolute atomic E-state index is 0.261. The Bertz CT molecular complexity index is 484. The van der Waals surface area contributed by atoms with Crippen molar-refractivity contribution in [3.63, 3.8) is 0 Å². The minimum atomic E-state index is 0.261. The maximum Gasteiger partial charge on any atom is 0.0761 e. The second-order valence-electron chi connectivity index (χ2n) is 3.87. The van der Waals surface area contributed by atoms with E-state index in [1.807, 2.05) is 18.4 Å². The number of rotatable bonds is 3. The van der Waals surface area contributed by atoms with Crippen molar-refractivity contribution >= 4 is 54.5 Å². The molecule has 2 heterocycles. The normalized spacial score (nSPS) is 13.0. The number of thiophene rings is 2. The Kier molecular flexibility index (Phi) is 4.47. The van der Waals surface area contributed by atoms with Crippen LogP contribution in [0, 0.1) is 13.8 Å². The fourth-order valence-electron chi connectivity index (χ4n) is 1.97. The third-order valence-corrected chi connectivity index (χ3v) is 6.04. The zero-order valence-corrected chi connectivity index (χ0v) is 14.6. The van der Waals surface area contributed by atoms with Gasteiger partial charge in [-0.25, -0.2) is 0 Å². The Labute approximate surface area is 127 Å². The van der Waals surface area contributed by atoms with Crippen LogP contribution in [0.3, 0.4) is 0 Å². The lowest BCUT2D eigenvalue weighted by Gasteiger charge is -2.15. The van der Waals surface area contributed by atoms with Crippen molar-refractivity contribution in [1.29, 1.82) is 0 Å². The highest BCUT2D eigenvalue weighted by atomic mass is 79.9. The molecule has 17 heavy (non-hydrogen) atoms. The maximum atomic E-state index is 3.64. The number of hydrogen-bond acceptors (Lipinski definition) is 3. The first-order chi connectivity index (χ1) is 8.02. The molecule has 1 nitrogen and oxygen atoms in total. The molecule has 0 aliphatic rings. The fraction of sp³-hybridized carbons (Fsp3) is 0.333. The van der Waals surface area contributed by atoms with Crippen LogP contribution in [-0.2, 0) is 0 Å². The van der Waals surface area contributed by atoms with Crippen LogP contribution in [0.5, 0.6) is 0 Å². The molecule has 1 N–H and O–H groups in total. The molecule has 92 valence electrons. The van der Waals surface area contributed by atoms with Gasteiger partial charge in [-0.15, -0.1) is 22.7 Å². The van der Waals surface area contributed by atoms with E-state index in [9.17, 15) is 0 Å². The summed E-state index contributed by atoms with van der Waals surface area (Å²) < 4.78 is 2.34. The molecule has 0 saturated heterocycles. The van der Waals surface area contributed by atoms with Crippen LogP contribution in [0.4, 0.5) is 0 Å². The van der Waals surface area contributed by atoms with Crippen LogP contribution in [0.1, 0.15) is 26.9 Å². The average molecular weight is 395 g/mol. The van der Waals surface area contributed by atoms with E-state index in [1.54, 1.807) is 11.3 Å². The van der Waals surface area contributed by atoms with Gasteiger partial charge >= 0.3 is 0 Å². The molecule has 0 aromatic carbocycles. The Morgan fingerprint density at radius 2 is 1.82 bits per heavy atom. The van der Waals surface area contributed by atoms with Gasteiger partial charge in [0.1, 0.15) is 0 Å². The van der Waals surface area contributed by atoms with E-state index >= 15 is 0 Å². The summed E-state index contributed by atoms with van der Waals surface area (Å²) in [6.45, 7) is 4.35. The summed E-state index contributed by atoms with van der Waals surface area (Å²) in [5.74, 6) is 0. The Hall–Kier alpha value is 0.320. The van der Waals surface area contributed by atoms with Crippen LogP contribution < -0.4 is 5.32 Å². The predicted octanol–water partition coefficient (Wildman–Crippen LogP) is 5.26. The Morgan fingerprint density at radius 3 is 2.24 bits per heavy atom. The number of halogens is 2. The second-order valence-corrected chi connectivity index (χ2v) is 9.08. The van der Waals surface area contributed by atoms with Gasteiger partial charge in [0.25, 0.3) is 0 Å². The summed E-state index contributed by atoms with van der Waals surface area (Å²) in [5.41, 5.74) is 2.67. The highest BCUT2D eigenvalue weighted by molar-refractivity contribution is 9.12. The van der Waals surface area contributed by atoms with E-state index in [4.69, 9.17) is 0 Å². The predicted molar refractivity (Wildman–Crippen MR) is 84.4 cm³/mol. The summed E-state index contributed by atoms with van der Waals surface area (Å²) in [5, 5.41) is 3.41. The lowest BCUT2D eigenvalue weighted by atomic mass is 10.0. The Morgan fingerprint density at radius 1 is 1.12 bits per heavy atom. The van der Waals surface area contributed by atoms with E-state index in [2.05, 4.69) is 63.2 Å². The van der Waals surface area contributed by atoms with E-state index in [-0.39, 0.29) is 6.04 Å². The van der Waals surface area contributed by atoms with Gasteiger partial charge in [-0.05, 0) is 76.0 Å². The fourth-order valence-corrected chi connectivity index (χ4v) is 5.83. The summed E-state index contributed by atoms with van der Waals surface area (Å²) in [4.78, 5) is 2.75. The van der Waals surface area contributed by atoms with Crippen molar-refractivity contribution in [2.24, 2.45) is 0 Å². The first-order valence-electron chi connectivity index (χ1n) is 5.22. The first kappa shape index (κ1) is 13.7. The average Bonchev–Trinajstić information content (AvgIpc) is 2.73. The van der Waals surface area contributed by atoms with E-state index < -0.39 is 0 Å². The molecule has 0 radical (unpaired) electrons. The zero-order chi connectivity index (χ0) is 12.6. The molecule has 0 saturated carbocycles. The highest BCUT2D eigenvalue weighted by Crippen LogP contribution is 2.39. The van der Waals surface area contributed by atoms with Crippen LogP contribution in [0.25, 0.3) is 0 Å². The monoisotopic (exact) mass is 393 g/mol. The minimum Gasteiger partial charge on any atom is -0.309 e. The smallest absolute Gasteiger partial charge is 0.0761 e. The molecular weight excluding hydrogens is 382 g/mol. The van der Waals surface area contributed by atoms with Gasteiger partial charge in [-0.3, -0.25) is 0 Å². The zero-order valence-electron chi connectivity index (χ0n) is 9.80. The third-order valence-electron chi connectivity index (χ3n) is 2.67. The van der Waals surface area contributed by atoms with Crippen molar-refractivity contribution in [2.75, 3.05) is 7.05 Å². The van der Waals surface area contributed by atoms with Crippen molar-refractivity contribution < 1.29 is 0 Å². The number of hydrogen-bond donors (Lipinski definition) is 1. The van der Waals surface area contributed by atoms with Crippen LogP contribution in [-0.4, -0.2) is 7.05 Å². The van der Waals surface area contributed by atoms with Crippen LogP contribution in [0.2, 0.25) is 0 Å². The molecule has 1 atom stereocenters. The molecule has 5 heteroatoms. The van der Waals surface area contributed by atoms with E-state index in [1.165, 1.54) is 24.7 Å². The van der Waals surface area contributed by atoms with E-state index in [0.717, 1.165) is 3.79 Å². The third kappa shape index (κ3) is 2.84. The molecule has 2 aromatic rings. The lowest BCUT2D eigenvalue weighted by Crippen LogP contribution is -2.17. The second kappa shape index (κ2) is 5.53. The Balaban J connectivity index is 2.47. The summed E-state index contributed by atoms with van der Waals surface area (Å²) in [7, 11) is 2.01. The van der Waals surface area contributed by atoms with Gasteiger partial charge in [0, 0.05) is 9.75 Å². The molecule has 1 unspecified atom stereocenters. The standard InChI is InChI=1S/C12H13Br2NS2/c1-6-4-8(7(2)16-6)11(15-3)9-5-10(13)17-12(9)14/h4-5,11,15H,1-3H3. The van der Waals surface area contributed by atoms with Gasteiger partial charge in [0.2, 0.25) is 0 Å². The summed E-state index contributed by atoms with van der Waals surface area (Å²) in [6.07, 6.45) is 0. The lowest BCUT2D eigenvalue weighted by molar-refractivity contribution is 0.690. The van der Waals surface area contributed by atoms with Crippen LogP contribution >= 0.6 is 54.5 Å². The van der Waals surface area contributed by atoms with Crippen LogP contribution in [0.15, 0.2) is 19.7 Å². The topological polar surface area (TPSA) is 12.0 Å². The van der Waals surface area contributed by atoms with Crippen molar-refractivity contribution in [3.05, 3.63) is 40.6 Å². The SMILES string of the molecule is CNC(c1cc(C)sc1C)c1cc(Br)sc1Br. The largest absolute Gasteiger partial charge is 0.309 e. The molecule has 0 aliphatic carbocycles. The molecule has 0 amide bonds. The number of aryl methyl sites for hydroxylation is 2. The molecule has 0 aliphatic heterocycles. The maximum absolute atomic E-state index is 3.64. The van der Waals surface area contributed by atoms with E-state index in [0.29, 0.717) is 0 Å². The van der Waals surface area contributed by atoms with Gasteiger partial charge in [0.05, 0.1) is 13.6 Å². The number of nitrogens with one attached hydrogen (secondary N) is 1. The molecule has 0 spiro atoms. The molecular formula is C12H13Br2NS2. The summed E-state index contributed by atoms with van der Waals surface area (Å²) in [6, 6.07) is 4.72. The van der Waals surface area contributed by atoms with Crippen molar-refractivity contribution in [3.8, 4) is 0 Å². The van der Waals surface area contributed by atoms with Crippen molar-refractivity contribution in [1.82, 2.24) is 5.32 Å². The quantitative estimate of drug-likeness (QED) is 0.748. The van der Waals surface area contributed by atoms with Gasteiger partial charge in [-0.1, -0.05) is 0 Å². The molecule has 2 rings (SSSR count). The van der Waals surface area contributed by atoms with Gasteiger partial charge in [0.15, 0.2) is 0 Å². The highest BCUT2D eigenvalue weighted by Gasteiger charge is 2.20. The molecule has 0 fully saturated rings. The van der Waals surface area contributed by atoms with Crippen molar-refractivity contribution in [2.45, 2.75) is 19.9 Å². The van der Waals surface area contributed by atoms with Gasteiger partial charge < -0.3 is 5.32 Å².